The number of amides is 1. The molecule has 0 radical (unpaired) electrons. The third-order valence-corrected chi connectivity index (χ3v) is 2.45. The molecule has 5 heteroatoms. The topological polar surface area (TPSA) is 43.1 Å². The minimum atomic E-state index is -1.24. The summed E-state index contributed by atoms with van der Waals surface area (Å²) in [6.07, 6.45) is 0.405. The molecule has 1 amide bonds. The predicted molar refractivity (Wildman–Crippen MR) is 53.0 cm³/mol. The summed E-state index contributed by atoms with van der Waals surface area (Å²) in [6.45, 7) is 1.72. The van der Waals surface area contributed by atoms with Crippen LogP contribution in [0.25, 0.3) is 0 Å². The van der Waals surface area contributed by atoms with E-state index in [1.54, 1.807) is 6.92 Å². The number of carbonyl (C=O) groups is 1. The third-order valence-electron chi connectivity index (χ3n) is 2.45. The first kappa shape index (κ1) is 12.5. The second kappa shape index (κ2) is 5.01. The van der Waals surface area contributed by atoms with E-state index < -0.39 is 29.3 Å². The summed E-state index contributed by atoms with van der Waals surface area (Å²) in [6, 6.07) is 1.23. The van der Waals surface area contributed by atoms with Crippen LogP contribution in [-0.2, 0) is 11.2 Å². The number of benzene rings is 1. The normalized spacial score (nSPS) is 12.5. The van der Waals surface area contributed by atoms with Gasteiger partial charge in [0.25, 0.3) is 0 Å². The van der Waals surface area contributed by atoms with Crippen molar-refractivity contribution in [3.05, 3.63) is 35.1 Å². The molecule has 0 aliphatic rings. The molecule has 1 aromatic rings. The number of rotatable bonds is 4. The van der Waals surface area contributed by atoms with Gasteiger partial charge in [0.05, 0.1) is 0 Å². The minimum absolute atomic E-state index is 0.0190. The SMILES string of the molecule is CCC(Cc1cc(F)c(F)cc1F)C(N)=O. The molecule has 2 N–H and O–H groups in total. The van der Waals surface area contributed by atoms with Crippen LogP contribution >= 0.6 is 0 Å². The number of primary amides is 1. The van der Waals surface area contributed by atoms with Gasteiger partial charge < -0.3 is 5.73 Å². The van der Waals surface area contributed by atoms with Crippen LogP contribution in [0.2, 0.25) is 0 Å². The molecule has 1 aromatic carbocycles. The lowest BCUT2D eigenvalue weighted by Crippen LogP contribution is -2.24. The van der Waals surface area contributed by atoms with Gasteiger partial charge in [-0.05, 0) is 24.5 Å². The molecule has 0 spiro atoms. The van der Waals surface area contributed by atoms with Crippen molar-refractivity contribution in [3.63, 3.8) is 0 Å². The summed E-state index contributed by atoms with van der Waals surface area (Å²) in [5.41, 5.74) is 5.05. The molecule has 0 aliphatic carbocycles. The largest absolute Gasteiger partial charge is 0.369 e. The zero-order valence-electron chi connectivity index (χ0n) is 8.77. The maximum atomic E-state index is 13.2. The smallest absolute Gasteiger partial charge is 0.220 e. The highest BCUT2D eigenvalue weighted by Gasteiger charge is 2.17. The standard InChI is InChI=1S/C11H12F3NO/c1-2-6(11(15)16)3-7-4-9(13)10(14)5-8(7)12/h4-6H,2-3H2,1H3,(H2,15,16). The Morgan fingerprint density at radius 2 is 1.81 bits per heavy atom. The first-order chi connectivity index (χ1) is 7.45. The summed E-state index contributed by atoms with van der Waals surface area (Å²) >= 11 is 0. The minimum Gasteiger partial charge on any atom is -0.369 e. The van der Waals surface area contributed by atoms with E-state index in [1.807, 2.05) is 0 Å². The van der Waals surface area contributed by atoms with Crippen molar-refractivity contribution in [2.24, 2.45) is 11.7 Å². The fourth-order valence-electron chi connectivity index (χ4n) is 1.43. The first-order valence-corrected chi connectivity index (χ1v) is 4.88. The fourth-order valence-corrected chi connectivity index (χ4v) is 1.43. The van der Waals surface area contributed by atoms with Gasteiger partial charge in [0, 0.05) is 12.0 Å². The molecule has 0 bridgehead atoms. The zero-order chi connectivity index (χ0) is 12.3. The molecule has 0 aromatic heterocycles. The van der Waals surface area contributed by atoms with Gasteiger partial charge in [-0.3, -0.25) is 4.79 Å². The van der Waals surface area contributed by atoms with Crippen LogP contribution in [0.4, 0.5) is 13.2 Å². The van der Waals surface area contributed by atoms with Gasteiger partial charge in [0.15, 0.2) is 11.6 Å². The van der Waals surface area contributed by atoms with Gasteiger partial charge in [-0.25, -0.2) is 13.2 Å². The van der Waals surface area contributed by atoms with Gasteiger partial charge in [-0.1, -0.05) is 6.92 Å². The van der Waals surface area contributed by atoms with Gasteiger partial charge in [-0.2, -0.15) is 0 Å². The number of nitrogens with two attached hydrogens (primary N) is 1. The molecule has 1 atom stereocenters. The highest BCUT2D eigenvalue weighted by atomic mass is 19.2. The lowest BCUT2D eigenvalue weighted by Gasteiger charge is -2.11. The van der Waals surface area contributed by atoms with Crippen LogP contribution in [0, 0.1) is 23.4 Å². The molecule has 16 heavy (non-hydrogen) atoms. The number of hydrogen-bond donors (Lipinski definition) is 1. The van der Waals surface area contributed by atoms with Crippen LogP contribution in [-0.4, -0.2) is 5.91 Å². The van der Waals surface area contributed by atoms with Crippen LogP contribution in [0.3, 0.4) is 0 Å². The van der Waals surface area contributed by atoms with Crippen LogP contribution in [0.5, 0.6) is 0 Å². The second-order valence-corrected chi connectivity index (χ2v) is 3.57. The molecular formula is C11H12F3NO. The predicted octanol–water partition coefficient (Wildman–Crippen LogP) is 2.16. The van der Waals surface area contributed by atoms with E-state index in [1.165, 1.54) is 0 Å². The van der Waals surface area contributed by atoms with Gasteiger partial charge >= 0.3 is 0 Å². The molecule has 88 valence electrons. The van der Waals surface area contributed by atoms with E-state index in [0.717, 1.165) is 6.07 Å². The molecular weight excluding hydrogens is 219 g/mol. The molecule has 2 nitrogen and oxygen atoms in total. The third kappa shape index (κ3) is 2.74. The average molecular weight is 231 g/mol. The van der Waals surface area contributed by atoms with Gasteiger partial charge in [-0.15, -0.1) is 0 Å². The van der Waals surface area contributed by atoms with Crippen molar-refractivity contribution >= 4 is 5.91 Å². The van der Waals surface area contributed by atoms with Crippen molar-refractivity contribution in [1.29, 1.82) is 0 Å². The zero-order valence-corrected chi connectivity index (χ0v) is 8.77. The number of carbonyl (C=O) groups excluding carboxylic acids is 1. The maximum absolute atomic E-state index is 13.2. The first-order valence-electron chi connectivity index (χ1n) is 4.88. The molecule has 1 rings (SSSR count). The van der Waals surface area contributed by atoms with Crippen LogP contribution < -0.4 is 5.73 Å². The van der Waals surface area contributed by atoms with Crippen LogP contribution in [0.15, 0.2) is 12.1 Å². The van der Waals surface area contributed by atoms with E-state index in [4.69, 9.17) is 5.73 Å². The summed E-state index contributed by atoms with van der Waals surface area (Å²) in [4.78, 5) is 10.9. The lowest BCUT2D eigenvalue weighted by atomic mass is 9.96. The quantitative estimate of drug-likeness (QED) is 0.793. The fraction of sp³-hybridized carbons (Fsp3) is 0.364. The highest BCUT2D eigenvalue weighted by molar-refractivity contribution is 5.76. The molecule has 1 unspecified atom stereocenters. The molecule has 0 saturated carbocycles. The Hall–Kier alpha value is -1.52. The van der Waals surface area contributed by atoms with E-state index in [0.29, 0.717) is 12.5 Å². The van der Waals surface area contributed by atoms with Crippen LogP contribution in [0.1, 0.15) is 18.9 Å². The summed E-state index contributed by atoms with van der Waals surface area (Å²) < 4.78 is 38.7. The molecule has 0 heterocycles. The highest BCUT2D eigenvalue weighted by Crippen LogP contribution is 2.18. The Morgan fingerprint density at radius 3 is 2.31 bits per heavy atom. The summed E-state index contributed by atoms with van der Waals surface area (Å²) in [7, 11) is 0. The average Bonchev–Trinajstić information content (AvgIpc) is 2.21. The Labute approximate surface area is 91.3 Å². The van der Waals surface area contributed by atoms with Gasteiger partial charge in [0.1, 0.15) is 5.82 Å². The summed E-state index contributed by atoms with van der Waals surface area (Å²) in [5.74, 6) is -4.38. The Morgan fingerprint density at radius 1 is 1.25 bits per heavy atom. The maximum Gasteiger partial charge on any atom is 0.220 e. The van der Waals surface area contributed by atoms with Crippen molar-refractivity contribution in [3.8, 4) is 0 Å². The monoisotopic (exact) mass is 231 g/mol. The lowest BCUT2D eigenvalue weighted by molar-refractivity contribution is -0.121. The Balaban J connectivity index is 2.96. The summed E-state index contributed by atoms with van der Waals surface area (Å²) in [5, 5.41) is 0. The number of hydrogen-bond acceptors (Lipinski definition) is 1. The molecule has 0 aliphatic heterocycles. The van der Waals surface area contributed by atoms with Crippen molar-refractivity contribution < 1.29 is 18.0 Å². The van der Waals surface area contributed by atoms with E-state index in [-0.39, 0.29) is 12.0 Å². The van der Waals surface area contributed by atoms with Crippen molar-refractivity contribution in [1.82, 2.24) is 0 Å². The van der Waals surface area contributed by atoms with E-state index in [9.17, 15) is 18.0 Å². The second-order valence-electron chi connectivity index (χ2n) is 3.57. The number of halogens is 3. The van der Waals surface area contributed by atoms with E-state index >= 15 is 0 Å². The Kier molecular flexibility index (Phi) is 3.93. The van der Waals surface area contributed by atoms with Crippen molar-refractivity contribution in [2.75, 3.05) is 0 Å². The molecule has 0 saturated heterocycles. The van der Waals surface area contributed by atoms with Gasteiger partial charge in [0.2, 0.25) is 5.91 Å². The van der Waals surface area contributed by atoms with Crippen molar-refractivity contribution in [2.45, 2.75) is 19.8 Å². The molecule has 0 fully saturated rings. The Bertz CT molecular complexity index is 406. The van der Waals surface area contributed by atoms with E-state index in [2.05, 4.69) is 0 Å².